The van der Waals surface area contributed by atoms with E-state index >= 15 is 0 Å². The number of carbonyl (C=O) groups is 1. The van der Waals surface area contributed by atoms with Crippen LogP contribution in [0.3, 0.4) is 0 Å². The molecule has 1 N–H and O–H groups in total. The Kier molecular flexibility index (Phi) is 5.19. The third-order valence-corrected chi connectivity index (χ3v) is 6.90. The summed E-state index contributed by atoms with van der Waals surface area (Å²) in [5.74, 6) is -0.110. The molecule has 2 atom stereocenters. The molecular weight excluding hydrogens is 330 g/mol. The quantitative estimate of drug-likeness (QED) is 0.827. The van der Waals surface area contributed by atoms with Crippen LogP contribution in [0.2, 0.25) is 0 Å². The van der Waals surface area contributed by atoms with Gasteiger partial charge in [0.1, 0.15) is 0 Å². The summed E-state index contributed by atoms with van der Waals surface area (Å²) < 4.78 is 32.1. The molecule has 7 nitrogen and oxygen atoms in total. The topological polar surface area (TPSA) is 79.0 Å². The van der Waals surface area contributed by atoms with Gasteiger partial charge in [-0.3, -0.25) is 4.79 Å². The number of carbonyl (C=O) groups excluding carboxylic acids is 1. The fourth-order valence-corrected chi connectivity index (χ4v) is 4.96. The molecule has 132 valence electrons. The number of rotatable bonds is 4. The molecule has 8 heteroatoms. The molecule has 2 fully saturated rings. The van der Waals surface area contributed by atoms with Crippen molar-refractivity contribution < 1.29 is 17.9 Å². The number of ether oxygens (including phenoxy) is 1. The van der Waals surface area contributed by atoms with Crippen LogP contribution in [-0.2, 0) is 19.6 Å². The molecule has 2 aliphatic rings. The highest BCUT2D eigenvalue weighted by atomic mass is 32.2. The summed E-state index contributed by atoms with van der Waals surface area (Å²) in [5.41, 5.74) is 0.795. The van der Waals surface area contributed by atoms with Gasteiger partial charge >= 0.3 is 0 Å². The molecule has 1 aromatic rings. The van der Waals surface area contributed by atoms with Crippen LogP contribution in [0, 0.1) is 0 Å². The fraction of sp³-hybridized carbons (Fsp3) is 0.562. The third kappa shape index (κ3) is 3.46. The number of morpholine rings is 1. The number of sulfonamides is 1. The van der Waals surface area contributed by atoms with Gasteiger partial charge in [-0.15, -0.1) is 0 Å². The Labute approximate surface area is 142 Å². The minimum Gasteiger partial charge on any atom is -0.379 e. The Balaban J connectivity index is 1.65. The maximum absolute atomic E-state index is 12.7. The van der Waals surface area contributed by atoms with E-state index in [4.69, 9.17) is 4.74 Å². The van der Waals surface area contributed by atoms with Gasteiger partial charge in [0, 0.05) is 32.4 Å². The van der Waals surface area contributed by atoms with Gasteiger partial charge in [-0.05, 0) is 18.6 Å². The summed E-state index contributed by atoms with van der Waals surface area (Å²) in [6.07, 6.45) is 0.301. The predicted molar refractivity (Wildman–Crippen MR) is 91.4 cm³/mol. The highest BCUT2D eigenvalue weighted by Gasteiger charge is 2.41. The summed E-state index contributed by atoms with van der Waals surface area (Å²) >= 11 is 0. The zero-order chi connectivity index (χ0) is 17.2. The largest absolute Gasteiger partial charge is 0.379 e. The lowest BCUT2D eigenvalue weighted by Crippen LogP contribution is -2.45. The van der Waals surface area contributed by atoms with Crippen LogP contribution in [0.4, 0.5) is 5.69 Å². The zero-order valence-corrected chi connectivity index (χ0v) is 14.5. The second-order valence-corrected chi connectivity index (χ2v) is 8.32. The van der Waals surface area contributed by atoms with Gasteiger partial charge < -0.3 is 15.0 Å². The first-order valence-electron chi connectivity index (χ1n) is 8.13. The van der Waals surface area contributed by atoms with E-state index in [1.54, 1.807) is 11.9 Å². The molecule has 3 rings (SSSR count). The van der Waals surface area contributed by atoms with E-state index in [2.05, 4.69) is 5.32 Å². The molecule has 2 saturated heterocycles. The second kappa shape index (κ2) is 7.18. The first kappa shape index (κ1) is 17.3. The van der Waals surface area contributed by atoms with E-state index in [1.165, 1.54) is 4.31 Å². The van der Waals surface area contributed by atoms with Crippen molar-refractivity contribution in [2.24, 2.45) is 0 Å². The molecule has 0 saturated carbocycles. The molecule has 1 aromatic carbocycles. The van der Waals surface area contributed by atoms with Crippen LogP contribution in [-0.4, -0.2) is 69.8 Å². The number of para-hydroxylation sites is 1. The number of hydrogen-bond acceptors (Lipinski definition) is 5. The number of nitrogens with one attached hydrogen (secondary N) is 1. The second-order valence-electron chi connectivity index (χ2n) is 6.11. The van der Waals surface area contributed by atoms with E-state index in [-0.39, 0.29) is 5.91 Å². The molecule has 24 heavy (non-hydrogen) atoms. The van der Waals surface area contributed by atoms with Crippen molar-refractivity contribution in [2.75, 3.05) is 44.8 Å². The maximum Gasteiger partial charge on any atom is 0.243 e. The summed E-state index contributed by atoms with van der Waals surface area (Å²) in [6, 6.07) is 8.86. The molecule has 0 aromatic heterocycles. The number of nitrogens with zero attached hydrogens (tertiary/aromatic N) is 2. The third-order valence-electron chi connectivity index (χ3n) is 4.61. The number of likely N-dealkylation sites (N-methyl/N-ethyl adjacent to an activating group) is 1. The van der Waals surface area contributed by atoms with Crippen LogP contribution in [0.25, 0.3) is 0 Å². The Hall–Kier alpha value is -1.48. The van der Waals surface area contributed by atoms with E-state index < -0.39 is 21.3 Å². The molecule has 1 amide bonds. The van der Waals surface area contributed by atoms with Gasteiger partial charge in [-0.1, -0.05) is 18.2 Å². The lowest BCUT2D eigenvalue weighted by molar-refractivity contribution is -0.119. The van der Waals surface area contributed by atoms with Crippen LogP contribution in [0.15, 0.2) is 30.3 Å². The van der Waals surface area contributed by atoms with Gasteiger partial charge in [-0.25, -0.2) is 8.42 Å². The lowest BCUT2D eigenvalue weighted by atomic mass is 10.2. The molecule has 0 spiro atoms. The van der Waals surface area contributed by atoms with Crippen molar-refractivity contribution in [1.82, 2.24) is 9.62 Å². The standard InChI is InChI=1S/C16H23N3O4S/c1-18(13-5-3-2-4-6-13)16(20)15-11-14(12-17-15)24(21,22)19-7-9-23-10-8-19/h2-6,14-15,17H,7-12H2,1H3. The lowest BCUT2D eigenvalue weighted by Gasteiger charge is -2.28. The van der Waals surface area contributed by atoms with Crippen molar-refractivity contribution in [2.45, 2.75) is 17.7 Å². The smallest absolute Gasteiger partial charge is 0.243 e. The number of hydrogen-bond donors (Lipinski definition) is 1. The Morgan fingerprint density at radius 3 is 2.58 bits per heavy atom. The molecular formula is C16H23N3O4S. The van der Waals surface area contributed by atoms with E-state index in [1.807, 2.05) is 30.3 Å². The highest BCUT2D eigenvalue weighted by molar-refractivity contribution is 7.89. The van der Waals surface area contributed by atoms with Crippen molar-refractivity contribution in [3.63, 3.8) is 0 Å². The normalized spacial score (nSPS) is 25.5. The number of anilines is 1. The average Bonchev–Trinajstić information content (AvgIpc) is 3.13. The van der Waals surface area contributed by atoms with Crippen molar-refractivity contribution in [1.29, 1.82) is 0 Å². The van der Waals surface area contributed by atoms with E-state index in [0.29, 0.717) is 39.3 Å². The van der Waals surface area contributed by atoms with Crippen molar-refractivity contribution in [3.8, 4) is 0 Å². The molecule has 2 heterocycles. The van der Waals surface area contributed by atoms with Crippen molar-refractivity contribution >= 4 is 21.6 Å². The minimum atomic E-state index is -3.40. The average molecular weight is 353 g/mol. The van der Waals surface area contributed by atoms with Crippen LogP contribution < -0.4 is 10.2 Å². The van der Waals surface area contributed by atoms with Gasteiger partial charge in [-0.2, -0.15) is 4.31 Å². The van der Waals surface area contributed by atoms with E-state index in [9.17, 15) is 13.2 Å². The molecule has 0 aliphatic carbocycles. The summed E-state index contributed by atoms with van der Waals surface area (Å²) in [6.45, 7) is 1.94. The van der Waals surface area contributed by atoms with Gasteiger partial charge in [0.05, 0.1) is 24.5 Å². The maximum atomic E-state index is 12.7. The zero-order valence-electron chi connectivity index (χ0n) is 13.7. The van der Waals surface area contributed by atoms with Crippen LogP contribution in [0.5, 0.6) is 0 Å². The first-order chi connectivity index (χ1) is 11.5. The monoisotopic (exact) mass is 353 g/mol. The first-order valence-corrected chi connectivity index (χ1v) is 9.63. The van der Waals surface area contributed by atoms with Gasteiger partial charge in [0.15, 0.2) is 0 Å². The SMILES string of the molecule is CN(C(=O)C1CC(S(=O)(=O)N2CCOCC2)CN1)c1ccccc1. The van der Waals surface area contributed by atoms with Gasteiger partial charge in [0.25, 0.3) is 0 Å². The number of amides is 1. The summed E-state index contributed by atoms with van der Waals surface area (Å²) in [5, 5.41) is 2.51. The minimum absolute atomic E-state index is 0.110. The van der Waals surface area contributed by atoms with Crippen molar-refractivity contribution in [3.05, 3.63) is 30.3 Å². The Bertz CT molecular complexity index is 674. The molecule has 2 unspecified atom stereocenters. The molecule has 2 aliphatic heterocycles. The fourth-order valence-electron chi connectivity index (χ4n) is 3.14. The predicted octanol–water partition coefficient (Wildman–Crippen LogP) is 0.0419. The van der Waals surface area contributed by atoms with Crippen LogP contribution in [0.1, 0.15) is 6.42 Å². The van der Waals surface area contributed by atoms with Gasteiger partial charge in [0.2, 0.25) is 15.9 Å². The van der Waals surface area contributed by atoms with E-state index in [0.717, 1.165) is 5.69 Å². The summed E-state index contributed by atoms with van der Waals surface area (Å²) in [7, 11) is -1.69. The molecule has 0 bridgehead atoms. The number of benzene rings is 1. The Morgan fingerprint density at radius 1 is 1.25 bits per heavy atom. The highest BCUT2D eigenvalue weighted by Crippen LogP contribution is 2.22. The molecule has 0 radical (unpaired) electrons. The Morgan fingerprint density at radius 2 is 1.92 bits per heavy atom. The van der Waals surface area contributed by atoms with Crippen LogP contribution >= 0.6 is 0 Å². The summed E-state index contributed by atoms with van der Waals surface area (Å²) in [4.78, 5) is 14.2.